The Balaban J connectivity index is 2.59. The maximum atomic E-state index is 11.3. The van der Waals surface area contributed by atoms with E-state index in [-0.39, 0.29) is 5.91 Å². The smallest absolute Gasteiger partial charge is 0.288 e. The van der Waals surface area contributed by atoms with E-state index in [1.54, 1.807) is 0 Å². The molecule has 80 valence electrons. The summed E-state index contributed by atoms with van der Waals surface area (Å²) in [5, 5.41) is 0. The summed E-state index contributed by atoms with van der Waals surface area (Å²) in [4.78, 5) is 11.3. The fourth-order valence-corrected chi connectivity index (χ4v) is 1.79. The minimum atomic E-state index is -0.0969. The van der Waals surface area contributed by atoms with Gasteiger partial charge in [-0.15, -0.1) is 0 Å². The first-order valence-corrected chi connectivity index (χ1v) is 5.11. The summed E-state index contributed by atoms with van der Waals surface area (Å²) in [6.07, 6.45) is 2.38. The average molecular weight is 199 g/mol. The fraction of sp³-hybridized carbons (Fsp3) is 0.700. The van der Waals surface area contributed by atoms with Gasteiger partial charge in [0, 0.05) is 6.08 Å². The molecule has 0 aliphatic carbocycles. The van der Waals surface area contributed by atoms with E-state index >= 15 is 0 Å². The summed E-state index contributed by atoms with van der Waals surface area (Å²) in [7, 11) is 0. The molecule has 14 heavy (non-hydrogen) atoms. The molecule has 4 heteroatoms. The molecule has 0 spiro atoms. The van der Waals surface area contributed by atoms with Crippen molar-refractivity contribution in [3.05, 3.63) is 12.7 Å². The van der Waals surface area contributed by atoms with Crippen LogP contribution in [-0.2, 0) is 9.53 Å². The van der Waals surface area contributed by atoms with Crippen LogP contribution in [0.5, 0.6) is 0 Å². The molecule has 1 amide bonds. The minimum absolute atomic E-state index is 0.0969. The number of hydrogen-bond donors (Lipinski definition) is 1. The quantitative estimate of drug-likeness (QED) is 0.527. The number of quaternary nitrogens is 1. The Morgan fingerprint density at radius 1 is 1.57 bits per heavy atom. The van der Waals surface area contributed by atoms with E-state index in [1.807, 2.05) is 0 Å². The lowest BCUT2D eigenvalue weighted by molar-refractivity contribution is -0.967. The van der Waals surface area contributed by atoms with Crippen molar-refractivity contribution in [2.75, 3.05) is 32.8 Å². The Labute approximate surface area is 85.1 Å². The first-order valence-electron chi connectivity index (χ1n) is 5.11. The second-order valence-electron chi connectivity index (χ2n) is 3.61. The maximum Gasteiger partial charge on any atom is 0.288 e. The zero-order valence-corrected chi connectivity index (χ0v) is 8.79. The van der Waals surface area contributed by atoms with E-state index in [4.69, 9.17) is 4.74 Å². The monoisotopic (exact) mass is 199 g/mol. The van der Waals surface area contributed by atoms with Gasteiger partial charge in [0.25, 0.3) is 5.91 Å². The number of hydrogen-bond acceptors (Lipinski definition) is 2. The van der Waals surface area contributed by atoms with Crippen LogP contribution in [0.25, 0.3) is 0 Å². The van der Waals surface area contributed by atoms with Gasteiger partial charge in [-0.3, -0.25) is 4.79 Å². The number of carbonyl (C=O) groups is 1. The van der Waals surface area contributed by atoms with Gasteiger partial charge < -0.3 is 4.74 Å². The highest BCUT2D eigenvalue weighted by atomic mass is 16.5. The van der Waals surface area contributed by atoms with Gasteiger partial charge in [-0.1, -0.05) is 13.5 Å². The number of amides is 1. The van der Waals surface area contributed by atoms with E-state index in [0.717, 1.165) is 39.3 Å². The zero-order chi connectivity index (χ0) is 10.4. The Morgan fingerprint density at radius 3 is 2.71 bits per heavy atom. The van der Waals surface area contributed by atoms with Gasteiger partial charge in [-0.2, -0.15) is 5.43 Å². The van der Waals surface area contributed by atoms with Crippen LogP contribution in [0.4, 0.5) is 0 Å². The lowest BCUT2D eigenvalue weighted by atomic mass is 10.3. The lowest BCUT2D eigenvalue weighted by Crippen LogP contribution is -2.64. The van der Waals surface area contributed by atoms with Gasteiger partial charge in [0.15, 0.2) is 0 Å². The third-order valence-corrected chi connectivity index (χ3v) is 2.51. The van der Waals surface area contributed by atoms with Crippen molar-refractivity contribution in [1.82, 2.24) is 5.43 Å². The first kappa shape index (κ1) is 11.2. The minimum Gasteiger partial charge on any atom is -0.370 e. The van der Waals surface area contributed by atoms with Crippen LogP contribution in [0.2, 0.25) is 0 Å². The number of ether oxygens (including phenoxy) is 1. The topological polar surface area (TPSA) is 38.3 Å². The molecule has 1 heterocycles. The molecule has 0 aromatic heterocycles. The summed E-state index contributed by atoms with van der Waals surface area (Å²) in [5.74, 6) is -0.0969. The Hall–Kier alpha value is -0.870. The zero-order valence-electron chi connectivity index (χ0n) is 8.79. The van der Waals surface area contributed by atoms with Gasteiger partial charge in [0.2, 0.25) is 0 Å². The normalized spacial score (nSPS) is 20.1. The van der Waals surface area contributed by atoms with Crippen LogP contribution in [-0.4, -0.2) is 43.3 Å². The summed E-state index contributed by atoms with van der Waals surface area (Å²) in [6, 6.07) is 0. The molecule has 1 aliphatic rings. The molecule has 0 unspecified atom stereocenters. The molecular formula is C10H19N2O2+. The van der Waals surface area contributed by atoms with Crippen LogP contribution in [0.1, 0.15) is 13.3 Å². The van der Waals surface area contributed by atoms with Crippen LogP contribution in [0.3, 0.4) is 0 Å². The SMILES string of the molecule is C=CC(=O)N[N+]1(CCC)CCOCC1. The lowest BCUT2D eigenvalue weighted by Gasteiger charge is -2.39. The molecular weight excluding hydrogens is 180 g/mol. The summed E-state index contributed by atoms with van der Waals surface area (Å²) >= 11 is 0. The van der Waals surface area contributed by atoms with Crippen LogP contribution >= 0.6 is 0 Å². The summed E-state index contributed by atoms with van der Waals surface area (Å²) in [6.45, 7) is 9.69. The molecule has 1 rings (SSSR count). The highest BCUT2D eigenvalue weighted by Crippen LogP contribution is 2.08. The standard InChI is InChI=1S/C10H18N2O2/c1-3-5-12(11-10(13)4-2)6-8-14-9-7-12/h4H,2-3,5-9H2,1H3/p+1. The van der Waals surface area contributed by atoms with Crippen molar-refractivity contribution in [3.63, 3.8) is 0 Å². The number of nitrogens with one attached hydrogen (secondary N) is 1. The van der Waals surface area contributed by atoms with Gasteiger partial charge >= 0.3 is 0 Å². The third-order valence-electron chi connectivity index (χ3n) is 2.51. The van der Waals surface area contributed by atoms with Gasteiger partial charge in [0.1, 0.15) is 19.6 Å². The molecule has 4 nitrogen and oxygen atoms in total. The maximum absolute atomic E-state index is 11.3. The summed E-state index contributed by atoms with van der Waals surface area (Å²) < 4.78 is 5.93. The molecule has 0 radical (unpaired) electrons. The molecule has 0 aromatic rings. The van der Waals surface area contributed by atoms with Crippen molar-refractivity contribution < 1.29 is 14.1 Å². The third kappa shape index (κ3) is 2.82. The molecule has 1 fully saturated rings. The van der Waals surface area contributed by atoms with Crippen molar-refractivity contribution in [1.29, 1.82) is 0 Å². The van der Waals surface area contributed by atoms with Crippen molar-refractivity contribution >= 4 is 5.91 Å². The van der Waals surface area contributed by atoms with E-state index < -0.39 is 0 Å². The first-order chi connectivity index (χ1) is 6.72. The molecule has 0 atom stereocenters. The van der Waals surface area contributed by atoms with Crippen molar-refractivity contribution in [2.24, 2.45) is 0 Å². The van der Waals surface area contributed by atoms with Gasteiger partial charge in [-0.05, 0) is 6.42 Å². The number of nitrogens with zero attached hydrogens (tertiary/aromatic N) is 1. The summed E-state index contributed by atoms with van der Waals surface area (Å²) in [5.41, 5.74) is 2.98. The van der Waals surface area contributed by atoms with E-state index in [9.17, 15) is 4.79 Å². The molecule has 0 saturated carbocycles. The highest BCUT2D eigenvalue weighted by Gasteiger charge is 2.31. The van der Waals surface area contributed by atoms with E-state index in [1.165, 1.54) is 6.08 Å². The van der Waals surface area contributed by atoms with E-state index in [0.29, 0.717) is 4.59 Å². The Kier molecular flexibility index (Phi) is 4.10. The Morgan fingerprint density at radius 2 is 2.21 bits per heavy atom. The molecule has 1 N–H and O–H groups in total. The largest absolute Gasteiger partial charge is 0.370 e. The van der Waals surface area contributed by atoms with Crippen molar-refractivity contribution in [3.8, 4) is 0 Å². The molecule has 1 aliphatic heterocycles. The molecule has 0 aromatic carbocycles. The van der Waals surface area contributed by atoms with Crippen LogP contribution < -0.4 is 5.43 Å². The van der Waals surface area contributed by atoms with Gasteiger partial charge in [-0.25, -0.2) is 4.59 Å². The van der Waals surface area contributed by atoms with Crippen LogP contribution in [0.15, 0.2) is 12.7 Å². The molecule has 1 saturated heterocycles. The predicted molar refractivity (Wildman–Crippen MR) is 54.3 cm³/mol. The second-order valence-corrected chi connectivity index (χ2v) is 3.61. The Bertz CT molecular complexity index is 205. The van der Waals surface area contributed by atoms with Crippen LogP contribution in [0, 0.1) is 0 Å². The second kappa shape index (κ2) is 5.12. The molecule has 0 bridgehead atoms. The number of rotatable bonds is 4. The predicted octanol–water partition coefficient (Wildman–Crippen LogP) is 0.461. The van der Waals surface area contributed by atoms with E-state index in [2.05, 4.69) is 18.9 Å². The van der Waals surface area contributed by atoms with Crippen molar-refractivity contribution in [2.45, 2.75) is 13.3 Å². The van der Waals surface area contributed by atoms with Gasteiger partial charge in [0.05, 0.1) is 13.2 Å². The number of carbonyl (C=O) groups excluding carboxylic acids is 1. The number of morpholine rings is 1. The highest BCUT2D eigenvalue weighted by molar-refractivity contribution is 5.85. The fourth-order valence-electron chi connectivity index (χ4n) is 1.79. The average Bonchev–Trinajstić information content (AvgIpc) is 2.19.